The molecule has 1 heterocycles. The number of amides is 1. The van der Waals surface area contributed by atoms with Gasteiger partial charge in [0.15, 0.2) is 0 Å². The molecule has 0 saturated carbocycles. The minimum atomic E-state index is -0.0773. The number of carbonyl (C=O) groups is 1. The Kier molecular flexibility index (Phi) is 5.01. The highest BCUT2D eigenvalue weighted by Gasteiger charge is 2.03. The minimum absolute atomic E-state index is 0.0773. The van der Waals surface area contributed by atoms with E-state index in [0.717, 1.165) is 11.3 Å². The molecule has 5 heteroatoms. The zero-order valence-electron chi connectivity index (χ0n) is 10.4. The van der Waals surface area contributed by atoms with E-state index in [1.165, 1.54) is 0 Å². The summed E-state index contributed by atoms with van der Waals surface area (Å²) in [6, 6.07) is 11.1. The van der Waals surface area contributed by atoms with Crippen LogP contribution in [0.5, 0.6) is 0 Å². The van der Waals surface area contributed by atoms with Gasteiger partial charge in [0, 0.05) is 11.6 Å². The van der Waals surface area contributed by atoms with E-state index < -0.39 is 0 Å². The predicted octanol–water partition coefficient (Wildman–Crippen LogP) is 2.34. The summed E-state index contributed by atoms with van der Waals surface area (Å²) < 4.78 is 5.15. The van der Waals surface area contributed by atoms with Crippen LogP contribution in [0, 0.1) is 0 Å². The maximum absolute atomic E-state index is 11.6. The molecule has 0 spiro atoms. The summed E-state index contributed by atoms with van der Waals surface area (Å²) >= 11 is 6.00. The van der Waals surface area contributed by atoms with Gasteiger partial charge in [-0.1, -0.05) is 29.8 Å². The van der Waals surface area contributed by atoms with Crippen molar-refractivity contribution in [1.29, 1.82) is 0 Å². The van der Waals surface area contributed by atoms with Crippen LogP contribution in [-0.4, -0.2) is 12.5 Å². The molecule has 2 N–H and O–H groups in total. The Morgan fingerprint density at radius 2 is 2.00 bits per heavy atom. The van der Waals surface area contributed by atoms with Crippen molar-refractivity contribution in [3.05, 3.63) is 59.0 Å². The number of halogens is 1. The third-order valence-electron chi connectivity index (χ3n) is 2.60. The van der Waals surface area contributed by atoms with Crippen LogP contribution in [-0.2, 0) is 17.9 Å². The largest absolute Gasteiger partial charge is 0.468 e. The van der Waals surface area contributed by atoms with Crippen LogP contribution in [0.2, 0.25) is 5.02 Å². The Morgan fingerprint density at radius 3 is 2.74 bits per heavy atom. The summed E-state index contributed by atoms with van der Waals surface area (Å²) in [6.07, 6.45) is 1.61. The number of rotatable bonds is 6. The van der Waals surface area contributed by atoms with Crippen LogP contribution in [0.3, 0.4) is 0 Å². The molecule has 2 rings (SSSR count). The lowest BCUT2D eigenvalue weighted by Gasteiger charge is -2.07. The van der Waals surface area contributed by atoms with E-state index in [2.05, 4.69) is 10.6 Å². The maximum atomic E-state index is 11.6. The van der Waals surface area contributed by atoms with Gasteiger partial charge in [-0.05, 0) is 23.8 Å². The fourth-order valence-electron chi connectivity index (χ4n) is 1.61. The Labute approximate surface area is 116 Å². The highest BCUT2D eigenvalue weighted by atomic mass is 35.5. The Morgan fingerprint density at radius 1 is 1.16 bits per heavy atom. The molecule has 0 radical (unpaired) electrons. The molecule has 2 aromatic rings. The van der Waals surface area contributed by atoms with Crippen LogP contribution in [0.15, 0.2) is 47.1 Å². The fraction of sp³-hybridized carbons (Fsp3) is 0.214. The van der Waals surface area contributed by atoms with Crippen molar-refractivity contribution in [1.82, 2.24) is 10.6 Å². The molecule has 4 nitrogen and oxygen atoms in total. The Hall–Kier alpha value is -1.78. The summed E-state index contributed by atoms with van der Waals surface area (Å²) in [5, 5.41) is 6.46. The standard InChI is InChI=1S/C14H15ClN2O2/c15-13-6-2-1-4-11(13)8-17-14(18)10-16-9-12-5-3-7-19-12/h1-7,16H,8-10H2,(H,17,18). The van der Waals surface area contributed by atoms with Gasteiger partial charge >= 0.3 is 0 Å². The Bertz CT molecular complexity index is 526. The van der Waals surface area contributed by atoms with Gasteiger partial charge in [0.05, 0.1) is 19.4 Å². The second-order valence-electron chi connectivity index (χ2n) is 4.05. The van der Waals surface area contributed by atoms with Crippen molar-refractivity contribution in [3.63, 3.8) is 0 Å². The molecule has 0 unspecified atom stereocenters. The van der Waals surface area contributed by atoms with E-state index in [-0.39, 0.29) is 12.5 Å². The van der Waals surface area contributed by atoms with Crippen LogP contribution >= 0.6 is 11.6 Å². The first-order valence-corrected chi connectivity index (χ1v) is 6.36. The first kappa shape index (κ1) is 13.6. The van der Waals surface area contributed by atoms with Gasteiger partial charge in [-0.25, -0.2) is 0 Å². The van der Waals surface area contributed by atoms with Gasteiger partial charge in [0.2, 0.25) is 5.91 Å². The van der Waals surface area contributed by atoms with E-state index in [1.807, 2.05) is 30.3 Å². The van der Waals surface area contributed by atoms with Gasteiger partial charge in [-0.15, -0.1) is 0 Å². The van der Waals surface area contributed by atoms with E-state index in [1.54, 1.807) is 12.3 Å². The molecular formula is C14H15ClN2O2. The van der Waals surface area contributed by atoms with E-state index in [9.17, 15) is 4.79 Å². The predicted molar refractivity (Wildman–Crippen MR) is 73.7 cm³/mol. The topological polar surface area (TPSA) is 54.3 Å². The van der Waals surface area contributed by atoms with Crippen molar-refractivity contribution in [2.45, 2.75) is 13.1 Å². The fourth-order valence-corrected chi connectivity index (χ4v) is 1.81. The van der Waals surface area contributed by atoms with Gasteiger partial charge in [0.1, 0.15) is 5.76 Å². The van der Waals surface area contributed by atoms with Crippen molar-refractivity contribution in [2.24, 2.45) is 0 Å². The lowest BCUT2D eigenvalue weighted by molar-refractivity contribution is -0.120. The summed E-state index contributed by atoms with van der Waals surface area (Å²) in [7, 11) is 0. The van der Waals surface area contributed by atoms with Crippen LogP contribution < -0.4 is 10.6 Å². The third kappa shape index (κ3) is 4.43. The monoisotopic (exact) mass is 278 g/mol. The third-order valence-corrected chi connectivity index (χ3v) is 2.97. The quantitative estimate of drug-likeness (QED) is 0.853. The van der Waals surface area contributed by atoms with Crippen LogP contribution in [0.1, 0.15) is 11.3 Å². The van der Waals surface area contributed by atoms with Crippen LogP contribution in [0.25, 0.3) is 0 Å². The summed E-state index contributed by atoms with van der Waals surface area (Å²) in [5.74, 6) is 0.727. The summed E-state index contributed by atoms with van der Waals surface area (Å²) in [6.45, 7) is 1.21. The lowest BCUT2D eigenvalue weighted by Crippen LogP contribution is -2.33. The normalized spacial score (nSPS) is 10.4. The number of furan rings is 1. The van der Waals surface area contributed by atoms with Crippen molar-refractivity contribution in [3.8, 4) is 0 Å². The zero-order valence-corrected chi connectivity index (χ0v) is 11.1. The first-order valence-electron chi connectivity index (χ1n) is 5.99. The second-order valence-corrected chi connectivity index (χ2v) is 4.46. The van der Waals surface area contributed by atoms with Gasteiger partial charge in [-0.2, -0.15) is 0 Å². The van der Waals surface area contributed by atoms with Gasteiger partial charge in [-0.3, -0.25) is 4.79 Å². The average Bonchev–Trinajstić information content (AvgIpc) is 2.91. The van der Waals surface area contributed by atoms with E-state index in [4.69, 9.17) is 16.0 Å². The molecule has 0 saturated heterocycles. The molecule has 1 aromatic heterocycles. The average molecular weight is 279 g/mol. The number of nitrogens with one attached hydrogen (secondary N) is 2. The SMILES string of the molecule is O=C(CNCc1ccco1)NCc1ccccc1Cl. The highest BCUT2D eigenvalue weighted by Crippen LogP contribution is 2.14. The van der Waals surface area contributed by atoms with Crippen molar-refractivity contribution >= 4 is 17.5 Å². The maximum Gasteiger partial charge on any atom is 0.234 e. The van der Waals surface area contributed by atoms with E-state index >= 15 is 0 Å². The highest BCUT2D eigenvalue weighted by molar-refractivity contribution is 6.31. The molecule has 0 atom stereocenters. The minimum Gasteiger partial charge on any atom is -0.468 e. The van der Waals surface area contributed by atoms with Gasteiger partial charge < -0.3 is 15.1 Å². The molecule has 0 aliphatic heterocycles. The number of hydrogen-bond acceptors (Lipinski definition) is 3. The molecule has 0 bridgehead atoms. The van der Waals surface area contributed by atoms with Gasteiger partial charge in [0.25, 0.3) is 0 Å². The number of carbonyl (C=O) groups excluding carboxylic acids is 1. The molecule has 0 aliphatic carbocycles. The molecule has 1 amide bonds. The molecule has 1 aromatic carbocycles. The van der Waals surface area contributed by atoms with E-state index in [0.29, 0.717) is 18.1 Å². The molecule has 0 fully saturated rings. The zero-order chi connectivity index (χ0) is 13.5. The number of benzene rings is 1. The molecule has 0 aliphatic rings. The molecular weight excluding hydrogens is 264 g/mol. The summed E-state index contributed by atoms with van der Waals surface area (Å²) in [4.78, 5) is 11.6. The van der Waals surface area contributed by atoms with Crippen molar-refractivity contribution < 1.29 is 9.21 Å². The van der Waals surface area contributed by atoms with Crippen molar-refractivity contribution in [2.75, 3.05) is 6.54 Å². The number of hydrogen-bond donors (Lipinski definition) is 2. The van der Waals surface area contributed by atoms with Crippen LogP contribution in [0.4, 0.5) is 0 Å². The second kappa shape index (κ2) is 6.97. The lowest BCUT2D eigenvalue weighted by atomic mass is 10.2. The molecule has 19 heavy (non-hydrogen) atoms. The summed E-state index contributed by atoms with van der Waals surface area (Å²) in [5.41, 5.74) is 0.906. The first-order chi connectivity index (χ1) is 9.25. The molecule has 100 valence electrons. The smallest absolute Gasteiger partial charge is 0.234 e. The Balaban J connectivity index is 1.69.